The molecule has 7 heteroatoms. The molecule has 0 unspecified atom stereocenters. The van der Waals surface area contributed by atoms with Crippen molar-refractivity contribution >= 4 is 17.9 Å². The average Bonchev–Trinajstić information content (AvgIpc) is 2.98. The maximum absolute atomic E-state index is 12.9. The summed E-state index contributed by atoms with van der Waals surface area (Å²) in [7, 11) is 0. The summed E-state index contributed by atoms with van der Waals surface area (Å²) in [6, 6.07) is 31.1. The molecule has 2 N–H and O–H groups in total. The molecule has 0 radical (unpaired) electrons. The molecule has 0 spiro atoms. The molecule has 7 nitrogen and oxygen atoms in total. The van der Waals surface area contributed by atoms with E-state index < -0.39 is 17.7 Å². The van der Waals surface area contributed by atoms with Gasteiger partial charge in [-0.3, -0.25) is 10.7 Å². The van der Waals surface area contributed by atoms with Crippen molar-refractivity contribution in [3.63, 3.8) is 0 Å². The van der Waals surface area contributed by atoms with Crippen molar-refractivity contribution in [3.05, 3.63) is 137 Å². The second-order valence-corrected chi connectivity index (χ2v) is 10.3. The minimum Gasteiger partial charge on any atom is -0.488 e. The van der Waals surface area contributed by atoms with Gasteiger partial charge in [-0.1, -0.05) is 84.6 Å². The topological polar surface area (TPSA) is 97.7 Å². The number of rotatable bonds is 7. The molecule has 0 saturated heterocycles. The van der Waals surface area contributed by atoms with Crippen LogP contribution in [0.15, 0.2) is 103 Å². The molecule has 0 saturated carbocycles. The van der Waals surface area contributed by atoms with E-state index in [1.807, 2.05) is 60.7 Å². The lowest BCUT2D eigenvalue weighted by Crippen LogP contribution is -2.36. The van der Waals surface area contributed by atoms with Crippen LogP contribution < -0.4 is 10.1 Å². The van der Waals surface area contributed by atoms with Crippen molar-refractivity contribution < 1.29 is 23.8 Å². The second kappa shape index (κ2) is 13.8. The Hall–Kier alpha value is -5.35. The van der Waals surface area contributed by atoms with Crippen molar-refractivity contribution in [2.45, 2.75) is 39.6 Å². The van der Waals surface area contributed by atoms with E-state index >= 15 is 0 Å². The molecule has 1 amide bonds. The number of alkyl carbamates (subject to hydrolysis) is 1. The van der Waals surface area contributed by atoms with Crippen molar-refractivity contribution in [2.75, 3.05) is 0 Å². The van der Waals surface area contributed by atoms with Gasteiger partial charge in [-0.25, -0.2) is 9.59 Å². The molecule has 0 fully saturated rings. The number of nitrogens with one attached hydrogen (secondary N) is 2. The lowest BCUT2D eigenvalue weighted by atomic mass is 10.1. The fourth-order valence-electron chi connectivity index (χ4n) is 3.83. The Bertz CT molecular complexity index is 1610. The standard InChI is InChI=1S/C35H32N2O5/c1-35(2,3)42-34(39)37-32(36)29-20-21-31(40-23-25-12-6-4-7-13-25)28(22-29)19-18-27-16-10-11-17-30(27)33(38)41-24-26-14-8-5-9-15-26/h4-17,20-22H,23-24H2,1-3H3,(H2,36,37,39). The molecule has 4 rings (SSSR count). The fraction of sp³-hybridized carbons (Fsp3) is 0.171. The zero-order chi connectivity index (χ0) is 30.0. The quantitative estimate of drug-likeness (QED) is 0.111. The van der Waals surface area contributed by atoms with Crippen molar-refractivity contribution in [1.29, 1.82) is 5.41 Å². The minimum absolute atomic E-state index is 0.146. The van der Waals surface area contributed by atoms with E-state index in [1.165, 1.54) is 0 Å². The Balaban J connectivity index is 1.60. The van der Waals surface area contributed by atoms with E-state index in [0.717, 1.165) is 11.1 Å². The Morgan fingerprint density at radius 2 is 1.36 bits per heavy atom. The summed E-state index contributed by atoms with van der Waals surface area (Å²) in [5.41, 5.74) is 2.87. The first-order valence-electron chi connectivity index (χ1n) is 13.4. The van der Waals surface area contributed by atoms with Crippen LogP contribution in [0.2, 0.25) is 0 Å². The normalized spacial score (nSPS) is 10.5. The number of hydrogen-bond donors (Lipinski definition) is 2. The molecule has 0 aliphatic rings. The third kappa shape index (κ3) is 8.83. The van der Waals surface area contributed by atoms with Gasteiger partial charge in [0.2, 0.25) is 0 Å². The van der Waals surface area contributed by atoms with Gasteiger partial charge in [0.05, 0.1) is 11.1 Å². The van der Waals surface area contributed by atoms with E-state index in [4.69, 9.17) is 19.6 Å². The summed E-state index contributed by atoms with van der Waals surface area (Å²) in [5.74, 6) is 6.03. The summed E-state index contributed by atoms with van der Waals surface area (Å²) < 4.78 is 16.9. The number of ether oxygens (including phenoxy) is 3. The Labute approximate surface area is 246 Å². The molecule has 0 aliphatic heterocycles. The Kier molecular flexibility index (Phi) is 9.75. The maximum atomic E-state index is 12.9. The second-order valence-electron chi connectivity index (χ2n) is 10.3. The fourth-order valence-corrected chi connectivity index (χ4v) is 3.83. The number of amidine groups is 1. The van der Waals surface area contributed by atoms with Crippen LogP contribution >= 0.6 is 0 Å². The van der Waals surface area contributed by atoms with Crippen molar-refractivity contribution in [3.8, 4) is 17.6 Å². The van der Waals surface area contributed by atoms with E-state index in [0.29, 0.717) is 34.6 Å². The van der Waals surface area contributed by atoms with Gasteiger partial charge in [0.25, 0.3) is 0 Å². The largest absolute Gasteiger partial charge is 0.488 e. The maximum Gasteiger partial charge on any atom is 0.413 e. The van der Waals surface area contributed by atoms with Crippen LogP contribution in [-0.2, 0) is 22.7 Å². The Morgan fingerprint density at radius 3 is 2.02 bits per heavy atom. The number of hydrogen-bond acceptors (Lipinski definition) is 6. The molecule has 0 heterocycles. The van der Waals surface area contributed by atoms with E-state index in [2.05, 4.69) is 17.2 Å². The third-order valence-corrected chi connectivity index (χ3v) is 5.82. The number of benzene rings is 4. The highest BCUT2D eigenvalue weighted by molar-refractivity contribution is 6.05. The van der Waals surface area contributed by atoms with Gasteiger partial charge >= 0.3 is 12.1 Å². The van der Waals surface area contributed by atoms with Crippen LogP contribution in [0.5, 0.6) is 5.75 Å². The first-order chi connectivity index (χ1) is 20.2. The molecule has 0 aliphatic carbocycles. The number of amides is 1. The average molecular weight is 561 g/mol. The lowest BCUT2D eigenvalue weighted by molar-refractivity contribution is 0.0471. The number of esters is 1. The van der Waals surface area contributed by atoms with Gasteiger partial charge in [-0.15, -0.1) is 0 Å². The molecule has 0 atom stereocenters. The van der Waals surface area contributed by atoms with E-state index in [-0.39, 0.29) is 12.4 Å². The first kappa shape index (κ1) is 29.6. The highest BCUT2D eigenvalue weighted by Crippen LogP contribution is 2.22. The van der Waals surface area contributed by atoms with Gasteiger partial charge < -0.3 is 14.2 Å². The number of carbonyl (C=O) groups is 2. The van der Waals surface area contributed by atoms with E-state index in [1.54, 1.807) is 63.2 Å². The molecular weight excluding hydrogens is 528 g/mol. The lowest BCUT2D eigenvalue weighted by Gasteiger charge is -2.20. The van der Waals surface area contributed by atoms with Gasteiger partial charge in [-0.05, 0) is 62.2 Å². The van der Waals surface area contributed by atoms with Gasteiger partial charge in [0.15, 0.2) is 0 Å². The van der Waals surface area contributed by atoms with Crippen molar-refractivity contribution in [2.24, 2.45) is 0 Å². The van der Waals surface area contributed by atoms with Crippen molar-refractivity contribution in [1.82, 2.24) is 5.32 Å². The van der Waals surface area contributed by atoms with Gasteiger partial charge in [-0.2, -0.15) is 0 Å². The summed E-state index contributed by atoms with van der Waals surface area (Å²) in [5, 5.41) is 10.9. The SMILES string of the molecule is CC(C)(C)OC(=O)NC(=N)c1ccc(OCc2ccccc2)c(C#Cc2ccccc2C(=O)OCc2ccccc2)c1. The summed E-state index contributed by atoms with van der Waals surface area (Å²) in [6.45, 7) is 5.70. The van der Waals surface area contributed by atoms with Crippen LogP contribution in [0.4, 0.5) is 4.79 Å². The van der Waals surface area contributed by atoms with E-state index in [9.17, 15) is 9.59 Å². The molecule has 0 aromatic heterocycles. The molecule has 4 aromatic rings. The highest BCUT2D eigenvalue weighted by atomic mass is 16.6. The van der Waals surface area contributed by atoms with Crippen LogP contribution in [0, 0.1) is 17.3 Å². The van der Waals surface area contributed by atoms with Crippen LogP contribution in [-0.4, -0.2) is 23.5 Å². The highest BCUT2D eigenvalue weighted by Gasteiger charge is 2.18. The van der Waals surface area contributed by atoms with Gasteiger partial charge in [0.1, 0.15) is 30.4 Å². The van der Waals surface area contributed by atoms with Gasteiger partial charge in [0, 0.05) is 11.1 Å². The third-order valence-electron chi connectivity index (χ3n) is 5.82. The zero-order valence-corrected chi connectivity index (χ0v) is 23.8. The number of carbonyl (C=O) groups excluding carboxylic acids is 2. The van der Waals surface area contributed by atoms with Crippen LogP contribution in [0.1, 0.15) is 58.9 Å². The summed E-state index contributed by atoms with van der Waals surface area (Å²) in [4.78, 5) is 25.2. The van der Waals surface area contributed by atoms with Crippen LogP contribution in [0.3, 0.4) is 0 Å². The smallest absolute Gasteiger partial charge is 0.413 e. The predicted molar refractivity (Wildman–Crippen MR) is 161 cm³/mol. The summed E-state index contributed by atoms with van der Waals surface area (Å²) >= 11 is 0. The predicted octanol–water partition coefficient (Wildman–Crippen LogP) is 6.87. The monoisotopic (exact) mass is 560 g/mol. The van der Waals surface area contributed by atoms with Crippen LogP contribution in [0.25, 0.3) is 0 Å². The molecule has 0 bridgehead atoms. The molecular formula is C35H32N2O5. The molecule has 42 heavy (non-hydrogen) atoms. The molecule has 4 aromatic carbocycles. The summed E-state index contributed by atoms with van der Waals surface area (Å²) in [6.07, 6.45) is -0.729. The Morgan fingerprint density at radius 1 is 0.762 bits per heavy atom. The zero-order valence-electron chi connectivity index (χ0n) is 23.8. The minimum atomic E-state index is -0.729. The molecule has 212 valence electrons. The first-order valence-corrected chi connectivity index (χ1v) is 13.4.